The summed E-state index contributed by atoms with van der Waals surface area (Å²) in [5, 5.41) is 9.48. The fraction of sp³-hybridized carbons (Fsp3) is 0.556. The molecule has 0 saturated heterocycles. The maximum absolute atomic E-state index is 5.77. The van der Waals surface area contributed by atoms with E-state index < -0.39 is 0 Å². The molecule has 2 rings (SSSR count). The van der Waals surface area contributed by atoms with Crippen molar-refractivity contribution in [2.24, 2.45) is 11.7 Å². The van der Waals surface area contributed by atoms with Gasteiger partial charge in [-0.2, -0.15) is 0 Å². The van der Waals surface area contributed by atoms with E-state index in [2.05, 4.69) is 73.6 Å². The zero-order valence-electron chi connectivity index (χ0n) is 14.8. The number of benzene rings is 1. The number of thioether (sulfide) groups is 1. The Kier molecular flexibility index (Phi) is 5.87. The van der Waals surface area contributed by atoms with E-state index in [1.54, 1.807) is 11.8 Å². The molecule has 126 valence electrons. The van der Waals surface area contributed by atoms with Crippen LogP contribution in [0.25, 0.3) is 0 Å². The minimum Gasteiger partial charge on any atom is -0.324 e. The van der Waals surface area contributed by atoms with Gasteiger partial charge in [-0.3, -0.25) is 0 Å². The molecular formula is C18H28N4S. The Morgan fingerprint density at radius 1 is 1.13 bits per heavy atom. The van der Waals surface area contributed by atoms with E-state index in [0.29, 0.717) is 12.5 Å². The predicted molar refractivity (Wildman–Crippen MR) is 97.5 cm³/mol. The smallest absolute Gasteiger partial charge is 0.191 e. The predicted octanol–water partition coefficient (Wildman–Crippen LogP) is 3.98. The standard InChI is InChI=1S/C18H28N4S/c1-13(2)11-22-16(10-19)20-21-17(22)23-12-14-6-8-15(9-7-14)18(3,4)5/h6-9,13H,10-12,19H2,1-5H3. The average Bonchev–Trinajstić information content (AvgIpc) is 2.86. The molecule has 0 atom stereocenters. The van der Waals surface area contributed by atoms with Crippen LogP contribution in [0, 0.1) is 5.92 Å². The van der Waals surface area contributed by atoms with E-state index in [-0.39, 0.29) is 5.41 Å². The molecule has 0 amide bonds. The van der Waals surface area contributed by atoms with Gasteiger partial charge >= 0.3 is 0 Å². The number of rotatable bonds is 6. The molecule has 2 N–H and O–H groups in total. The van der Waals surface area contributed by atoms with Gasteiger partial charge in [0, 0.05) is 12.3 Å². The van der Waals surface area contributed by atoms with Crippen molar-refractivity contribution in [1.82, 2.24) is 14.8 Å². The highest BCUT2D eigenvalue weighted by atomic mass is 32.2. The van der Waals surface area contributed by atoms with Gasteiger partial charge in [0.1, 0.15) is 5.82 Å². The van der Waals surface area contributed by atoms with Crippen molar-refractivity contribution in [1.29, 1.82) is 0 Å². The third kappa shape index (κ3) is 4.82. The summed E-state index contributed by atoms with van der Waals surface area (Å²) in [5.74, 6) is 2.30. The van der Waals surface area contributed by atoms with Gasteiger partial charge in [0.25, 0.3) is 0 Å². The quantitative estimate of drug-likeness (QED) is 0.813. The Hall–Kier alpha value is -1.33. The lowest BCUT2D eigenvalue weighted by molar-refractivity contribution is 0.480. The van der Waals surface area contributed by atoms with Crippen LogP contribution < -0.4 is 5.73 Å². The summed E-state index contributed by atoms with van der Waals surface area (Å²) in [6.45, 7) is 12.4. The topological polar surface area (TPSA) is 56.7 Å². The van der Waals surface area contributed by atoms with Crippen LogP contribution in [-0.2, 0) is 24.3 Å². The van der Waals surface area contributed by atoms with E-state index in [4.69, 9.17) is 5.73 Å². The lowest BCUT2D eigenvalue weighted by Gasteiger charge is -2.19. The molecule has 0 aliphatic heterocycles. The Balaban J connectivity index is 2.07. The molecule has 0 bridgehead atoms. The van der Waals surface area contributed by atoms with Crippen molar-refractivity contribution >= 4 is 11.8 Å². The van der Waals surface area contributed by atoms with Gasteiger partial charge in [-0.1, -0.05) is 70.6 Å². The molecule has 0 aliphatic carbocycles. The van der Waals surface area contributed by atoms with Gasteiger partial charge in [0.15, 0.2) is 5.16 Å². The van der Waals surface area contributed by atoms with Crippen LogP contribution in [0.15, 0.2) is 29.4 Å². The normalized spacial score (nSPS) is 12.1. The first-order valence-electron chi connectivity index (χ1n) is 8.15. The van der Waals surface area contributed by atoms with Crippen molar-refractivity contribution in [2.75, 3.05) is 0 Å². The van der Waals surface area contributed by atoms with E-state index in [1.807, 2.05) is 0 Å². The molecule has 2 aromatic rings. The molecule has 5 heteroatoms. The molecule has 23 heavy (non-hydrogen) atoms. The Labute approximate surface area is 143 Å². The lowest BCUT2D eigenvalue weighted by atomic mass is 9.87. The summed E-state index contributed by atoms with van der Waals surface area (Å²) in [5.41, 5.74) is 8.63. The van der Waals surface area contributed by atoms with Gasteiger partial charge in [-0.15, -0.1) is 10.2 Å². The van der Waals surface area contributed by atoms with Crippen molar-refractivity contribution in [3.05, 3.63) is 41.2 Å². The second-order valence-corrected chi connectivity index (χ2v) is 8.29. The van der Waals surface area contributed by atoms with Crippen molar-refractivity contribution < 1.29 is 0 Å². The number of nitrogens with two attached hydrogens (primary N) is 1. The Morgan fingerprint density at radius 2 is 1.78 bits per heavy atom. The highest BCUT2D eigenvalue weighted by Gasteiger charge is 2.14. The summed E-state index contributed by atoms with van der Waals surface area (Å²) < 4.78 is 2.15. The maximum Gasteiger partial charge on any atom is 0.191 e. The van der Waals surface area contributed by atoms with Crippen LogP contribution in [0.2, 0.25) is 0 Å². The van der Waals surface area contributed by atoms with Gasteiger partial charge in [0.2, 0.25) is 0 Å². The van der Waals surface area contributed by atoms with Gasteiger partial charge in [0.05, 0.1) is 6.54 Å². The molecule has 0 fully saturated rings. The number of nitrogens with zero attached hydrogens (tertiary/aromatic N) is 3. The average molecular weight is 333 g/mol. The molecule has 0 radical (unpaired) electrons. The summed E-state index contributed by atoms with van der Waals surface area (Å²) in [4.78, 5) is 0. The summed E-state index contributed by atoms with van der Waals surface area (Å²) in [7, 11) is 0. The third-order valence-corrected chi connectivity index (χ3v) is 4.75. The van der Waals surface area contributed by atoms with E-state index >= 15 is 0 Å². The van der Waals surface area contributed by atoms with Crippen LogP contribution in [0.5, 0.6) is 0 Å². The van der Waals surface area contributed by atoms with Crippen molar-refractivity contribution in [3.8, 4) is 0 Å². The summed E-state index contributed by atoms with van der Waals surface area (Å²) >= 11 is 1.73. The first kappa shape index (κ1) is 18.0. The molecule has 1 aromatic heterocycles. The number of hydrogen-bond acceptors (Lipinski definition) is 4. The first-order chi connectivity index (χ1) is 10.8. The van der Waals surface area contributed by atoms with Gasteiger partial charge < -0.3 is 10.3 Å². The number of hydrogen-bond donors (Lipinski definition) is 1. The van der Waals surface area contributed by atoms with Gasteiger partial charge in [-0.05, 0) is 22.5 Å². The molecule has 1 heterocycles. The van der Waals surface area contributed by atoms with E-state index in [9.17, 15) is 0 Å². The highest BCUT2D eigenvalue weighted by Crippen LogP contribution is 2.26. The Morgan fingerprint density at radius 3 is 2.30 bits per heavy atom. The van der Waals surface area contributed by atoms with E-state index in [1.165, 1.54) is 11.1 Å². The molecular weight excluding hydrogens is 304 g/mol. The molecule has 4 nitrogen and oxygen atoms in total. The van der Waals surface area contributed by atoms with Gasteiger partial charge in [-0.25, -0.2) is 0 Å². The lowest BCUT2D eigenvalue weighted by Crippen LogP contribution is -2.12. The van der Waals surface area contributed by atoms with Crippen molar-refractivity contribution in [2.45, 2.75) is 64.0 Å². The summed E-state index contributed by atoms with van der Waals surface area (Å²) in [6, 6.07) is 8.86. The van der Waals surface area contributed by atoms with Crippen LogP contribution >= 0.6 is 11.8 Å². The second-order valence-electron chi connectivity index (χ2n) is 7.34. The van der Waals surface area contributed by atoms with Crippen LogP contribution in [0.4, 0.5) is 0 Å². The zero-order valence-corrected chi connectivity index (χ0v) is 15.7. The van der Waals surface area contributed by atoms with Crippen LogP contribution in [0.1, 0.15) is 51.6 Å². The zero-order chi connectivity index (χ0) is 17.0. The van der Waals surface area contributed by atoms with E-state index in [0.717, 1.165) is 23.3 Å². The molecule has 1 aromatic carbocycles. The molecule has 0 aliphatic rings. The molecule has 0 saturated carbocycles. The van der Waals surface area contributed by atoms with Crippen LogP contribution in [-0.4, -0.2) is 14.8 Å². The SMILES string of the molecule is CC(C)Cn1c(CN)nnc1SCc1ccc(C(C)(C)C)cc1. The largest absolute Gasteiger partial charge is 0.324 e. The fourth-order valence-corrected chi connectivity index (χ4v) is 3.30. The van der Waals surface area contributed by atoms with Crippen molar-refractivity contribution in [3.63, 3.8) is 0 Å². The Bertz CT molecular complexity index is 623. The van der Waals surface area contributed by atoms with Crippen LogP contribution in [0.3, 0.4) is 0 Å². The summed E-state index contributed by atoms with van der Waals surface area (Å²) in [6.07, 6.45) is 0. The molecule has 0 spiro atoms. The minimum absolute atomic E-state index is 0.194. The highest BCUT2D eigenvalue weighted by molar-refractivity contribution is 7.98. The third-order valence-electron chi connectivity index (χ3n) is 3.71. The fourth-order valence-electron chi connectivity index (χ4n) is 2.37. The number of aromatic nitrogens is 3. The monoisotopic (exact) mass is 332 g/mol. The molecule has 0 unspecified atom stereocenters. The first-order valence-corrected chi connectivity index (χ1v) is 9.14. The maximum atomic E-state index is 5.77. The minimum atomic E-state index is 0.194. The second kappa shape index (κ2) is 7.49.